The van der Waals surface area contributed by atoms with Gasteiger partial charge in [-0.15, -0.1) is 0 Å². The Hall–Kier alpha value is -3.16. The number of hydrogen-bond acceptors (Lipinski definition) is 6. The summed E-state index contributed by atoms with van der Waals surface area (Å²) >= 11 is 0. The maximum Gasteiger partial charge on any atom is 0.268 e. The average molecular weight is 410 g/mol. The molecule has 3 heterocycles. The van der Waals surface area contributed by atoms with Gasteiger partial charge in [0.15, 0.2) is 11.5 Å². The van der Waals surface area contributed by atoms with Crippen LogP contribution in [0.1, 0.15) is 50.8 Å². The summed E-state index contributed by atoms with van der Waals surface area (Å²) < 4.78 is 12.0. The molecule has 1 amide bonds. The Morgan fingerprint density at radius 1 is 1.27 bits per heavy atom. The lowest BCUT2D eigenvalue weighted by atomic mass is 9.89. The summed E-state index contributed by atoms with van der Waals surface area (Å²) in [5.74, 6) is 1.19. The third-order valence-corrected chi connectivity index (χ3v) is 5.64. The van der Waals surface area contributed by atoms with Crippen molar-refractivity contribution in [2.24, 2.45) is 5.92 Å². The van der Waals surface area contributed by atoms with Gasteiger partial charge in [-0.1, -0.05) is 24.4 Å². The van der Waals surface area contributed by atoms with E-state index in [4.69, 9.17) is 8.94 Å². The standard InChI is InChI=1S/C22H26N4O4/c1-14-11-19(30-25-14)17-12-20(27)26(24-21(17)18-9-6-10-29-18)15(2)22(28)23-13-16-7-4-3-5-8-16/h6,9-12,15-16H,3-5,7-8,13H2,1-2H3,(H,23,28). The van der Waals surface area contributed by atoms with Crippen LogP contribution in [0.25, 0.3) is 22.8 Å². The molecule has 0 aromatic carbocycles. The highest BCUT2D eigenvalue weighted by Gasteiger charge is 2.24. The van der Waals surface area contributed by atoms with Gasteiger partial charge in [0.05, 0.1) is 17.5 Å². The number of aryl methyl sites for hydroxylation is 1. The van der Waals surface area contributed by atoms with Crippen molar-refractivity contribution >= 4 is 5.91 Å². The highest BCUT2D eigenvalue weighted by Crippen LogP contribution is 2.30. The Morgan fingerprint density at radius 3 is 2.73 bits per heavy atom. The molecule has 30 heavy (non-hydrogen) atoms. The Morgan fingerprint density at radius 2 is 2.07 bits per heavy atom. The summed E-state index contributed by atoms with van der Waals surface area (Å²) in [6.07, 6.45) is 7.51. The van der Waals surface area contributed by atoms with Gasteiger partial charge in [-0.2, -0.15) is 5.10 Å². The lowest BCUT2D eigenvalue weighted by Gasteiger charge is -2.23. The van der Waals surface area contributed by atoms with Crippen molar-refractivity contribution in [3.63, 3.8) is 0 Å². The topological polar surface area (TPSA) is 103 Å². The molecule has 3 aromatic rings. The molecule has 1 aliphatic rings. The maximum atomic E-state index is 12.8. The molecule has 158 valence electrons. The Labute approximate surface area is 174 Å². The number of nitrogens with zero attached hydrogens (tertiary/aromatic N) is 3. The Balaban J connectivity index is 1.62. The minimum Gasteiger partial charge on any atom is -0.463 e. The van der Waals surface area contributed by atoms with Crippen LogP contribution < -0.4 is 10.9 Å². The molecule has 1 atom stereocenters. The molecule has 0 spiro atoms. The number of nitrogens with one attached hydrogen (secondary N) is 1. The van der Waals surface area contributed by atoms with Crippen molar-refractivity contribution in [2.75, 3.05) is 6.54 Å². The fourth-order valence-corrected chi connectivity index (χ4v) is 3.91. The second kappa shape index (κ2) is 8.69. The number of carbonyl (C=O) groups excluding carboxylic acids is 1. The zero-order chi connectivity index (χ0) is 21.1. The van der Waals surface area contributed by atoms with Crippen molar-refractivity contribution in [3.8, 4) is 22.8 Å². The van der Waals surface area contributed by atoms with Crippen molar-refractivity contribution in [1.82, 2.24) is 20.3 Å². The molecule has 1 fully saturated rings. The van der Waals surface area contributed by atoms with Gasteiger partial charge in [0.1, 0.15) is 11.7 Å². The van der Waals surface area contributed by atoms with E-state index in [1.807, 2.05) is 0 Å². The highest BCUT2D eigenvalue weighted by atomic mass is 16.5. The number of aromatic nitrogens is 3. The molecule has 8 heteroatoms. The lowest BCUT2D eigenvalue weighted by Crippen LogP contribution is -2.39. The van der Waals surface area contributed by atoms with Gasteiger partial charge >= 0.3 is 0 Å². The van der Waals surface area contributed by atoms with Crippen molar-refractivity contribution in [1.29, 1.82) is 0 Å². The van der Waals surface area contributed by atoms with Crippen LogP contribution in [0.15, 0.2) is 44.3 Å². The second-order valence-corrected chi connectivity index (χ2v) is 7.92. The monoisotopic (exact) mass is 410 g/mol. The fraction of sp³-hybridized carbons (Fsp3) is 0.455. The number of furan rings is 1. The summed E-state index contributed by atoms with van der Waals surface area (Å²) in [6.45, 7) is 4.11. The molecule has 3 aromatic heterocycles. The van der Waals surface area contributed by atoms with E-state index >= 15 is 0 Å². The maximum absolute atomic E-state index is 12.8. The Bertz CT molecular complexity index is 1060. The van der Waals surface area contributed by atoms with E-state index in [1.165, 1.54) is 36.3 Å². The zero-order valence-corrected chi connectivity index (χ0v) is 17.3. The fourth-order valence-electron chi connectivity index (χ4n) is 3.91. The van der Waals surface area contributed by atoms with Crippen molar-refractivity contribution < 1.29 is 13.7 Å². The predicted molar refractivity (Wildman–Crippen MR) is 111 cm³/mol. The van der Waals surface area contributed by atoms with Crippen molar-refractivity contribution in [3.05, 3.63) is 46.6 Å². The first-order chi connectivity index (χ1) is 14.5. The molecule has 1 saturated carbocycles. The van der Waals surface area contributed by atoms with E-state index in [9.17, 15) is 9.59 Å². The molecule has 1 N–H and O–H groups in total. The molecule has 4 rings (SSSR count). The molecule has 1 unspecified atom stereocenters. The highest BCUT2D eigenvalue weighted by molar-refractivity contribution is 5.80. The summed E-state index contributed by atoms with van der Waals surface area (Å²) in [6, 6.07) is 5.88. The normalized spacial score (nSPS) is 15.8. The van der Waals surface area contributed by atoms with Crippen LogP contribution >= 0.6 is 0 Å². The average Bonchev–Trinajstić information content (AvgIpc) is 3.44. The first-order valence-corrected chi connectivity index (χ1v) is 10.4. The molecule has 0 aliphatic heterocycles. The summed E-state index contributed by atoms with van der Waals surface area (Å²) in [7, 11) is 0. The van der Waals surface area contributed by atoms with Gasteiger partial charge in [0.25, 0.3) is 5.56 Å². The molecule has 0 saturated heterocycles. The first kappa shape index (κ1) is 20.1. The SMILES string of the molecule is Cc1cc(-c2cc(=O)n(C(C)C(=O)NCC3CCCCC3)nc2-c2ccco2)on1. The zero-order valence-electron chi connectivity index (χ0n) is 17.3. The summed E-state index contributed by atoms with van der Waals surface area (Å²) in [5.41, 5.74) is 1.19. The van der Waals surface area contributed by atoms with Gasteiger partial charge in [-0.25, -0.2) is 4.68 Å². The third-order valence-electron chi connectivity index (χ3n) is 5.64. The van der Waals surface area contributed by atoms with E-state index in [0.29, 0.717) is 40.9 Å². The third kappa shape index (κ3) is 4.22. The minimum absolute atomic E-state index is 0.219. The molecule has 8 nitrogen and oxygen atoms in total. The number of rotatable bonds is 6. The van der Waals surface area contributed by atoms with Crippen LogP contribution in [0.2, 0.25) is 0 Å². The summed E-state index contributed by atoms with van der Waals surface area (Å²) in [5, 5.41) is 11.4. The minimum atomic E-state index is -0.750. The van der Waals surface area contributed by atoms with Crippen LogP contribution in [-0.4, -0.2) is 27.4 Å². The largest absolute Gasteiger partial charge is 0.463 e. The number of hydrogen-bond donors (Lipinski definition) is 1. The van der Waals surface area contributed by atoms with Gasteiger partial charge in [0, 0.05) is 18.7 Å². The van der Waals surface area contributed by atoms with Gasteiger partial charge in [-0.3, -0.25) is 9.59 Å². The van der Waals surface area contributed by atoms with Gasteiger partial charge in [0.2, 0.25) is 5.91 Å². The van der Waals surface area contributed by atoms with Crippen LogP contribution in [0, 0.1) is 12.8 Å². The summed E-state index contributed by atoms with van der Waals surface area (Å²) in [4.78, 5) is 25.6. The van der Waals surface area contributed by atoms with Crippen LogP contribution in [-0.2, 0) is 4.79 Å². The molecular weight excluding hydrogens is 384 g/mol. The first-order valence-electron chi connectivity index (χ1n) is 10.4. The quantitative estimate of drug-likeness (QED) is 0.664. The smallest absolute Gasteiger partial charge is 0.268 e. The second-order valence-electron chi connectivity index (χ2n) is 7.92. The van der Waals surface area contributed by atoms with Crippen molar-refractivity contribution in [2.45, 2.75) is 52.0 Å². The molecule has 0 bridgehead atoms. The van der Waals surface area contributed by atoms with E-state index in [-0.39, 0.29) is 5.91 Å². The molecule has 1 aliphatic carbocycles. The van der Waals surface area contributed by atoms with E-state index in [2.05, 4.69) is 15.6 Å². The number of carbonyl (C=O) groups is 1. The van der Waals surface area contributed by atoms with Crippen LogP contribution in [0.5, 0.6) is 0 Å². The van der Waals surface area contributed by atoms with Gasteiger partial charge in [-0.05, 0) is 44.7 Å². The van der Waals surface area contributed by atoms with Crippen LogP contribution in [0.3, 0.4) is 0 Å². The van der Waals surface area contributed by atoms with E-state index in [1.54, 1.807) is 32.0 Å². The Kier molecular flexibility index (Phi) is 5.83. The molecule has 0 radical (unpaired) electrons. The van der Waals surface area contributed by atoms with E-state index < -0.39 is 11.6 Å². The van der Waals surface area contributed by atoms with Gasteiger partial charge < -0.3 is 14.3 Å². The molecular formula is C22H26N4O4. The van der Waals surface area contributed by atoms with E-state index in [0.717, 1.165) is 12.8 Å². The van der Waals surface area contributed by atoms with Crippen LogP contribution in [0.4, 0.5) is 0 Å². The predicted octanol–water partition coefficient (Wildman–Crippen LogP) is 3.72. The lowest BCUT2D eigenvalue weighted by molar-refractivity contribution is -0.124. The number of amides is 1.